The van der Waals surface area contributed by atoms with Crippen molar-refractivity contribution in [1.29, 1.82) is 0 Å². The summed E-state index contributed by atoms with van der Waals surface area (Å²) in [5.74, 6) is -0.650. The van der Waals surface area contributed by atoms with Crippen LogP contribution in [0.3, 0.4) is 0 Å². The summed E-state index contributed by atoms with van der Waals surface area (Å²) in [7, 11) is 0. The molecule has 36 heavy (non-hydrogen) atoms. The normalized spacial score (nSPS) is 21.9. The summed E-state index contributed by atoms with van der Waals surface area (Å²) in [4.78, 5) is 37.5. The molecule has 2 rings (SSSR count). The average Bonchev–Trinajstić information content (AvgIpc) is 2.84. The molecule has 0 aromatic heterocycles. The Hall–Kier alpha value is -2.69. The van der Waals surface area contributed by atoms with Crippen molar-refractivity contribution in [2.45, 2.75) is 99.0 Å². The van der Waals surface area contributed by atoms with Crippen LogP contribution >= 0.6 is 0 Å². The van der Waals surface area contributed by atoms with Gasteiger partial charge in [0.2, 0.25) is 0 Å². The third-order valence-corrected chi connectivity index (χ3v) is 7.19. The second-order valence-electron chi connectivity index (χ2n) is 10.8. The van der Waals surface area contributed by atoms with E-state index in [1.165, 1.54) is 24.8 Å². The van der Waals surface area contributed by atoms with Gasteiger partial charge in [-0.3, -0.25) is 14.4 Å². The molecule has 0 aromatic rings. The van der Waals surface area contributed by atoms with Crippen LogP contribution in [-0.4, -0.2) is 30.4 Å². The smallest absolute Gasteiger partial charge is 0.307 e. The fraction of sp³-hybridized carbons (Fsp3) is 0.581. The Balaban J connectivity index is 1.92. The summed E-state index contributed by atoms with van der Waals surface area (Å²) >= 11 is 0. The summed E-state index contributed by atoms with van der Waals surface area (Å²) < 4.78 is 10.9. The van der Waals surface area contributed by atoms with Crippen molar-refractivity contribution in [3.63, 3.8) is 0 Å². The van der Waals surface area contributed by atoms with Crippen molar-refractivity contribution in [2.75, 3.05) is 6.61 Å². The lowest BCUT2D eigenvalue weighted by Gasteiger charge is -2.36. The molecule has 5 nitrogen and oxygen atoms in total. The van der Waals surface area contributed by atoms with E-state index in [1.807, 2.05) is 57.2 Å². The van der Waals surface area contributed by atoms with Crippen molar-refractivity contribution in [3.8, 4) is 0 Å². The van der Waals surface area contributed by atoms with E-state index in [2.05, 4.69) is 13.8 Å². The summed E-state index contributed by atoms with van der Waals surface area (Å²) in [5.41, 5.74) is 3.49. The number of hydrogen-bond donors (Lipinski definition) is 0. The first-order chi connectivity index (χ1) is 17.0. The fourth-order valence-corrected chi connectivity index (χ4v) is 4.77. The number of esters is 2. The molecule has 2 aliphatic rings. The molecule has 0 spiro atoms. The van der Waals surface area contributed by atoms with Crippen molar-refractivity contribution in [3.05, 3.63) is 58.7 Å². The van der Waals surface area contributed by atoms with Gasteiger partial charge in [0.1, 0.15) is 0 Å². The number of ketones is 1. The lowest BCUT2D eigenvalue weighted by Crippen LogP contribution is -2.39. The molecule has 1 atom stereocenters. The summed E-state index contributed by atoms with van der Waals surface area (Å²) in [6.45, 7) is 12.4. The topological polar surface area (TPSA) is 69.7 Å². The molecule has 1 fully saturated rings. The lowest BCUT2D eigenvalue weighted by atomic mass is 9.71. The van der Waals surface area contributed by atoms with E-state index in [-0.39, 0.29) is 30.0 Å². The molecule has 0 radical (unpaired) electrons. The van der Waals surface area contributed by atoms with Crippen LogP contribution in [0.2, 0.25) is 0 Å². The third-order valence-electron chi connectivity index (χ3n) is 7.19. The Morgan fingerprint density at radius 2 is 1.67 bits per heavy atom. The van der Waals surface area contributed by atoms with E-state index in [9.17, 15) is 14.4 Å². The van der Waals surface area contributed by atoms with Gasteiger partial charge in [-0.1, -0.05) is 80.7 Å². The van der Waals surface area contributed by atoms with Crippen LogP contribution in [0, 0.1) is 11.3 Å². The number of carbonyl (C=O) groups is 3. The van der Waals surface area contributed by atoms with Crippen LogP contribution in [0.25, 0.3) is 0 Å². The van der Waals surface area contributed by atoms with Crippen LogP contribution in [0.1, 0.15) is 92.9 Å². The van der Waals surface area contributed by atoms with Crippen molar-refractivity contribution in [1.82, 2.24) is 0 Å². The van der Waals surface area contributed by atoms with Gasteiger partial charge in [0.05, 0.1) is 19.4 Å². The van der Waals surface area contributed by atoms with Gasteiger partial charge in [-0.25, -0.2) is 0 Å². The van der Waals surface area contributed by atoms with Crippen LogP contribution < -0.4 is 0 Å². The largest absolute Gasteiger partial charge is 0.465 e. The number of hydrogen-bond acceptors (Lipinski definition) is 5. The predicted octanol–water partition coefficient (Wildman–Crippen LogP) is 7.14. The molecule has 2 aliphatic carbocycles. The number of ether oxygens (including phenoxy) is 2. The zero-order valence-electron chi connectivity index (χ0n) is 23.0. The number of rotatable bonds is 10. The van der Waals surface area contributed by atoms with Crippen LogP contribution in [0.15, 0.2) is 58.7 Å². The van der Waals surface area contributed by atoms with E-state index in [0.29, 0.717) is 24.5 Å². The molecule has 5 heteroatoms. The minimum absolute atomic E-state index is 0.0215. The second kappa shape index (κ2) is 14.2. The van der Waals surface area contributed by atoms with E-state index >= 15 is 0 Å². The molecular formula is C31H44O5. The van der Waals surface area contributed by atoms with E-state index in [4.69, 9.17) is 9.47 Å². The zero-order valence-corrected chi connectivity index (χ0v) is 23.0. The monoisotopic (exact) mass is 496 g/mol. The van der Waals surface area contributed by atoms with Gasteiger partial charge < -0.3 is 9.47 Å². The van der Waals surface area contributed by atoms with Gasteiger partial charge in [0.15, 0.2) is 11.9 Å². The Morgan fingerprint density at radius 1 is 1.00 bits per heavy atom. The molecule has 0 saturated heterocycles. The van der Waals surface area contributed by atoms with Crippen molar-refractivity contribution in [2.24, 2.45) is 11.3 Å². The zero-order chi connectivity index (χ0) is 26.7. The van der Waals surface area contributed by atoms with E-state index < -0.39 is 12.1 Å². The molecule has 0 heterocycles. The molecule has 1 saturated carbocycles. The van der Waals surface area contributed by atoms with Gasteiger partial charge in [-0.05, 0) is 63.0 Å². The predicted molar refractivity (Wildman–Crippen MR) is 144 cm³/mol. The molecule has 0 N–H and O–H groups in total. The van der Waals surface area contributed by atoms with Gasteiger partial charge in [0.25, 0.3) is 0 Å². The van der Waals surface area contributed by atoms with Crippen LogP contribution in [-0.2, 0) is 23.9 Å². The Kier molecular flexibility index (Phi) is 11.6. The maximum absolute atomic E-state index is 13.0. The molecule has 1 unspecified atom stereocenters. The van der Waals surface area contributed by atoms with Gasteiger partial charge >= 0.3 is 11.9 Å². The maximum Gasteiger partial charge on any atom is 0.307 e. The standard InChI is InChI=1S/C31H44O5/c1-7-22(2)12-11-13-23(3)16-17-26-24(4)30(34)27(20-31(26,5)6)36-29(33)19-18-28(32)35-21-25-14-9-8-10-15-25/h7,11-13,16-17,25,27H,8-10,14-15,18-21H2,1-6H3/b12-11+,17-16+,22-7+,23-13+. The first kappa shape index (κ1) is 29.5. The van der Waals surface area contributed by atoms with Gasteiger partial charge in [0, 0.05) is 6.42 Å². The SMILES string of the molecule is C/C=C(C)/C=C/C=C(C)/C=C/C1=C(C)C(=O)C(OC(=O)CCC(=O)OCC2CCCCC2)CC1(C)C. The third kappa shape index (κ3) is 9.40. The Labute approximate surface area is 217 Å². The van der Waals surface area contributed by atoms with E-state index in [1.54, 1.807) is 6.92 Å². The molecule has 0 aromatic carbocycles. The Bertz CT molecular complexity index is 951. The number of Topliss-reactive ketones (excluding diaryl/α,β-unsaturated/α-hetero) is 1. The van der Waals surface area contributed by atoms with Crippen LogP contribution in [0.4, 0.5) is 0 Å². The second-order valence-corrected chi connectivity index (χ2v) is 10.8. The number of carbonyl (C=O) groups excluding carboxylic acids is 3. The highest BCUT2D eigenvalue weighted by Crippen LogP contribution is 2.40. The summed E-state index contributed by atoms with van der Waals surface area (Å²) in [5, 5.41) is 0. The van der Waals surface area contributed by atoms with Gasteiger partial charge in [-0.15, -0.1) is 0 Å². The highest BCUT2D eigenvalue weighted by Gasteiger charge is 2.39. The first-order valence-electron chi connectivity index (χ1n) is 13.3. The first-order valence-corrected chi connectivity index (χ1v) is 13.3. The van der Waals surface area contributed by atoms with Crippen LogP contribution in [0.5, 0.6) is 0 Å². The average molecular weight is 497 g/mol. The fourth-order valence-electron chi connectivity index (χ4n) is 4.77. The highest BCUT2D eigenvalue weighted by molar-refractivity contribution is 6.01. The summed E-state index contributed by atoms with van der Waals surface area (Å²) in [6, 6.07) is 0. The minimum atomic E-state index is -0.828. The molecule has 0 amide bonds. The highest BCUT2D eigenvalue weighted by atomic mass is 16.5. The molecular weight excluding hydrogens is 452 g/mol. The van der Waals surface area contributed by atoms with Crippen molar-refractivity contribution < 1.29 is 23.9 Å². The molecule has 0 bridgehead atoms. The Morgan fingerprint density at radius 3 is 2.33 bits per heavy atom. The lowest BCUT2D eigenvalue weighted by molar-refractivity contribution is -0.158. The maximum atomic E-state index is 13.0. The van der Waals surface area contributed by atoms with Gasteiger partial charge in [-0.2, -0.15) is 0 Å². The minimum Gasteiger partial charge on any atom is -0.465 e. The molecule has 0 aliphatic heterocycles. The van der Waals surface area contributed by atoms with E-state index in [0.717, 1.165) is 24.0 Å². The summed E-state index contributed by atoms with van der Waals surface area (Å²) in [6.07, 6.45) is 17.5. The molecule has 198 valence electrons. The number of allylic oxidation sites excluding steroid dienone is 9. The van der Waals surface area contributed by atoms with Crippen molar-refractivity contribution >= 4 is 17.7 Å². The quantitative estimate of drug-likeness (QED) is 0.237.